The number of hydrogen-bond donors (Lipinski definition) is 1. The molecule has 28 heavy (non-hydrogen) atoms. The zero-order valence-electron chi connectivity index (χ0n) is 15.2. The first-order chi connectivity index (χ1) is 13.1. The van der Waals surface area contributed by atoms with Crippen LogP contribution in [0.25, 0.3) is 0 Å². The van der Waals surface area contributed by atoms with Crippen molar-refractivity contribution in [2.75, 3.05) is 21.3 Å². The van der Waals surface area contributed by atoms with Gasteiger partial charge in [-0.3, -0.25) is 9.03 Å². The number of aryl methyl sites for hydroxylation is 1. The molecule has 2 aromatic rings. The third kappa shape index (κ3) is 4.12. The fourth-order valence-electron chi connectivity index (χ4n) is 3.15. The molecule has 0 saturated carbocycles. The van der Waals surface area contributed by atoms with E-state index in [0.717, 1.165) is 17.7 Å². The van der Waals surface area contributed by atoms with Crippen molar-refractivity contribution < 1.29 is 25.6 Å². The van der Waals surface area contributed by atoms with Crippen LogP contribution in [0.3, 0.4) is 0 Å². The largest absolute Gasteiger partial charge is 0.279 e. The van der Waals surface area contributed by atoms with Crippen molar-refractivity contribution in [1.82, 2.24) is 0 Å². The number of sulfonamides is 2. The van der Waals surface area contributed by atoms with E-state index in [1.807, 2.05) is 0 Å². The van der Waals surface area contributed by atoms with Crippen LogP contribution >= 0.6 is 0 Å². The van der Waals surface area contributed by atoms with E-state index in [2.05, 4.69) is 4.72 Å². The highest BCUT2D eigenvalue weighted by atomic mass is 32.2. The summed E-state index contributed by atoms with van der Waals surface area (Å²) in [6.45, 7) is 2.07. The van der Waals surface area contributed by atoms with E-state index in [0.29, 0.717) is 37.6 Å². The first-order valence-corrected chi connectivity index (χ1v) is 11.8. The molecular formula is C18H20F2N2O4S2. The van der Waals surface area contributed by atoms with Crippen molar-refractivity contribution in [3.05, 3.63) is 53.6 Å². The van der Waals surface area contributed by atoms with Crippen molar-refractivity contribution in [2.45, 2.75) is 31.1 Å². The molecular weight excluding hydrogens is 410 g/mol. The summed E-state index contributed by atoms with van der Waals surface area (Å²) in [5.74, 6) is -1.99. The van der Waals surface area contributed by atoms with Crippen LogP contribution in [0.5, 0.6) is 0 Å². The summed E-state index contributed by atoms with van der Waals surface area (Å²) in [6, 6.07) is 6.68. The van der Waals surface area contributed by atoms with Crippen molar-refractivity contribution >= 4 is 31.4 Å². The molecule has 0 radical (unpaired) electrons. The number of benzene rings is 2. The van der Waals surface area contributed by atoms with E-state index in [1.165, 1.54) is 16.4 Å². The third-order valence-corrected chi connectivity index (χ3v) is 7.77. The van der Waals surface area contributed by atoms with E-state index in [1.54, 1.807) is 13.0 Å². The molecule has 0 atom stereocenters. The van der Waals surface area contributed by atoms with Gasteiger partial charge in [-0.05, 0) is 55.2 Å². The molecule has 0 aromatic heterocycles. The van der Waals surface area contributed by atoms with Crippen molar-refractivity contribution in [2.24, 2.45) is 0 Å². The second kappa shape index (κ2) is 7.67. The Kier molecular flexibility index (Phi) is 5.62. The Morgan fingerprint density at radius 1 is 1.07 bits per heavy atom. The Balaban J connectivity index is 1.98. The van der Waals surface area contributed by atoms with Crippen LogP contribution in [-0.4, -0.2) is 29.1 Å². The number of fused-ring (bicyclic) bond motifs is 1. The van der Waals surface area contributed by atoms with Gasteiger partial charge >= 0.3 is 0 Å². The second-order valence-electron chi connectivity index (χ2n) is 6.52. The van der Waals surface area contributed by atoms with Gasteiger partial charge < -0.3 is 0 Å². The summed E-state index contributed by atoms with van der Waals surface area (Å²) in [5, 5.41) is 0. The van der Waals surface area contributed by atoms with E-state index in [4.69, 9.17) is 0 Å². The average molecular weight is 430 g/mol. The summed E-state index contributed by atoms with van der Waals surface area (Å²) in [5.41, 5.74) is 1.26. The fraction of sp³-hybridized carbons (Fsp3) is 0.333. The number of rotatable bonds is 6. The summed E-state index contributed by atoms with van der Waals surface area (Å²) in [7, 11) is -7.91. The lowest BCUT2D eigenvalue weighted by Gasteiger charge is -2.31. The standard InChI is InChI=1S/C18H20F2N2O4S2/c1-2-10-27(23,24)22-9-3-4-13-5-7-15(12-17(13)22)21-28(25,26)18-11-14(19)6-8-16(18)20/h5-8,11-12,21H,2-4,9-10H2,1H3. The minimum Gasteiger partial charge on any atom is -0.279 e. The van der Waals surface area contributed by atoms with Crippen LogP contribution < -0.4 is 9.03 Å². The van der Waals surface area contributed by atoms with Gasteiger partial charge in [-0.2, -0.15) is 0 Å². The molecule has 0 fully saturated rings. The molecule has 1 N–H and O–H groups in total. The van der Waals surface area contributed by atoms with Gasteiger partial charge in [-0.1, -0.05) is 13.0 Å². The molecule has 0 saturated heterocycles. The van der Waals surface area contributed by atoms with Gasteiger partial charge in [0, 0.05) is 6.54 Å². The Hall–Kier alpha value is -2.20. The van der Waals surface area contributed by atoms with Gasteiger partial charge in [-0.15, -0.1) is 0 Å². The van der Waals surface area contributed by atoms with E-state index in [-0.39, 0.29) is 11.4 Å². The first kappa shape index (κ1) is 20.5. The molecule has 152 valence electrons. The minimum atomic E-state index is -4.39. The Morgan fingerprint density at radius 3 is 2.54 bits per heavy atom. The predicted molar refractivity (Wildman–Crippen MR) is 103 cm³/mol. The topological polar surface area (TPSA) is 83.6 Å². The normalized spacial score (nSPS) is 14.6. The molecule has 0 bridgehead atoms. The van der Waals surface area contributed by atoms with Crippen molar-refractivity contribution in [3.8, 4) is 0 Å². The average Bonchev–Trinajstić information content (AvgIpc) is 2.62. The lowest BCUT2D eigenvalue weighted by Crippen LogP contribution is -2.37. The molecule has 2 aromatic carbocycles. The molecule has 0 unspecified atom stereocenters. The molecule has 0 spiro atoms. The summed E-state index contributed by atoms with van der Waals surface area (Å²) >= 11 is 0. The molecule has 6 nitrogen and oxygen atoms in total. The van der Waals surface area contributed by atoms with E-state index < -0.39 is 36.6 Å². The van der Waals surface area contributed by atoms with E-state index in [9.17, 15) is 25.6 Å². The van der Waals surface area contributed by atoms with Crippen LogP contribution in [0.4, 0.5) is 20.2 Å². The Morgan fingerprint density at radius 2 is 1.82 bits per heavy atom. The van der Waals surface area contributed by atoms with Crippen LogP contribution in [0, 0.1) is 11.6 Å². The van der Waals surface area contributed by atoms with Gasteiger partial charge in [0.1, 0.15) is 16.5 Å². The van der Waals surface area contributed by atoms with Crippen LogP contribution in [0.2, 0.25) is 0 Å². The third-order valence-electron chi connectivity index (χ3n) is 4.39. The maximum Gasteiger partial charge on any atom is 0.264 e. The second-order valence-corrected chi connectivity index (χ2v) is 10.2. The lowest BCUT2D eigenvalue weighted by molar-refractivity contribution is 0.555. The highest BCUT2D eigenvalue weighted by Gasteiger charge is 2.28. The van der Waals surface area contributed by atoms with Crippen LogP contribution in [-0.2, 0) is 26.5 Å². The summed E-state index contributed by atoms with van der Waals surface area (Å²) < 4.78 is 80.8. The van der Waals surface area contributed by atoms with Crippen molar-refractivity contribution in [3.63, 3.8) is 0 Å². The highest BCUT2D eigenvalue weighted by Crippen LogP contribution is 2.33. The number of hydrogen-bond acceptors (Lipinski definition) is 4. The van der Waals surface area contributed by atoms with Gasteiger partial charge in [0.05, 0.1) is 17.1 Å². The maximum absolute atomic E-state index is 13.9. The lowest BCUT2D eigenvalue weighted by atomic mass is 10.0. The number of nitrogens with zero attached hydrogens (tertiary/aromatic N) is 1. The monoisotopic (exact) mass is 430 g/mol. The van der Waals surface area contributed by atoms with Gasteiger partial charge in [-0.25, -0.2) is 25.6 Å². The number of halogens is 2. The van der Waals surface area contributed by atoms with Crippen LogP contribution in [0.15, 0.2) is 41.3 Å². The quantitative estimate of drug-likeness (QED) is 0.763. The summed E-state index contributed by atoms with van der Waals surface area (Å²) in [6.07, 6.45) is 1.79. The Bertz CT molecular complexity index is 1100. The number of anilines is 2. The molecule has 0 aliphatic carbocycles. The maximum atomic E-state index is 13.9. The van der Waals surface area contributed by atoms with Gasteiger partial charge in [0.15, 0.2) is 0 Å². The molecule has 3 rings (SSSR count). The molecule has 10 heteroatoms. The Labute approximate surface area is 163 Å². The summed E-state index contributed by atoms with van der Waals surface area (Å²) in [4.78, 5) is -0.819. The molecule has 1 heterocycles. The van der Waals surface area contributed by atoms with Crippen molar-refractivity contribution in [1.29, 1.82) is 0 Å². The molecule has 1 aliphatic heterocycles. The van der Waals surface area contributed by atoms with Gasteiger partial charge in [0.2, 0.25) is 10.0 Å². The zero-order valence-corrected chi connectivity index (χ0v) is 16.8. The fourth-order valence-corrected chi connectivity index (χ4v) is 5.91. The van der Waals surface area contributed by atoms with Gasteiger partial charge in [0.25, 0.3) is 10.0 Å². The smallest absolute Gasteiger partial charge is 0.264 e. The number of nitrogens with one attached hydrogen (secondary N) is 1. The SMILES string of the molecule is CCCS(=O)(=O)N1CCCc2ccc(NS(=O)(=O)c3cc(F)ccc3F)cc21. The van der Waals surface area contributed by atoms with E-state index >= 15 is 0 Å². The highest BCUT2D eigenvalue weighted by molar-refractivity contribution is 7.93. The zero-order chi connectivity index (χ0) is 20.5. The van der Waals surface area contributed by atoms with Crippen LogP contribution in [0.1, 0.15) is 25.3 Å². The molecule has 1 aliphatic rings. The first-order valence-electron chi connectivity index (χ1n) is 8.75. The minimum absolute atomic E-state index is 0.0170. The molecule has 0 amide bonds. The predicted octanol–water partition coefficient (Wildman–Crippen LogP) is 3.26.